The Hall–Kier alpha value is -0.260. The lowest BCUT2D eigenvalue weighted by molar-refractivity contribution is -0.137. The Kier molecular flexibility index (Phi) is 9.13. The molecule has 0 aliphatic carbocycles. The molecule has 5 heteroatoms. The summed E-state index contributed by atoms with van der Waals surface area (Å²) < 4.78 is 4.52. The minimum Gasteiger partial charge on any atom is -0.468 e. The zero-order valence-electron chi connectivity index (χ0n) is 8.78. The van der Waals surface area contributed by atoms with Crippen molar-refractivity contribution in [1.82, 2.24) is 5.32 Å². The van der Waals surface area contributed by atoms with Crippen molar-refractivity contribution < 1.29 is 14.6 Å². The molecular formula is C9H19NO3S. The molecule has 0 saturated heterocycles. The van der Waals surface area contributed by atoms with E-state index in [-0.39, 0.29) is 18.6 Å². The zero-order chi connectivity index (χ0) is 10.8. The van der Waals surface area contributed by atoms with Crippen LogP contribution in [0.15, 0.2) is 0 Å². The third-order valence-corrected chi connectivity index (χ3v) is 2.81. The fourth-order valence-electron chi connectivity index (χ4n) is 1.03. The van der Waals surface area contributed by atoms with Gasteiger partial charge in [-0.2, -0.15) is 0 Å². The van der Waals surface area contributed by atoms with Crippen LogP contribution in [0.1, 0.15) is 13.3 Å². The van der Waals surface area contributed by atoms with Crippen molar-refractivity contribution in [2.24, 2.45) is 0 Å². The monoisotopic (exact) mass is 221 g/mol. The average molecular weight is 221 g/mol. The molecule has 4 nitrogen and oxygen atoms in total. The first-order valence-electron chi connectivity index (χ1n) is 4.73. The van der Waals surface area contributed by atoms with Gasteiger partial charge in [-0.1, -0.05) is 6.92 Å². The van der Waals surface area contributed by atoms with Crippen LogP contribution >= 0.6 is 11.8 Å². The summed E-state index contributed by atoms with van der Waals surface area (Å²) in [7, 11) is 1.39. The van der Waals surface area contributed by atoms with Gasteiger partial charge in [-0.05, 0) is 13.0 Å². The highest BCUT2D eigenvalue weighted by molar-refractivity contribution is 7.99. The molecule has 0 rings (SSSR count). The molecule has 0 bridgehead atoms. The van der Waals surface area contributed by atoms with Gasteiger partial charge in [0.1, 0.15) is 0 Å². The number of rotatable bonds is 8. The summed E-state index contributed by atoms with van der Waals surface area (Å²) in [4.78, 5) is 10.8. The van der Waals surface area contributed by atoms with Crippen LogP contribution in [0.5, 0.6) is 0 Å². The predicted molar refractivity (Wildman–Crippen MR) is 58.5 cm³/mol. The van der Waals surface area contributed by atoms with Crippen LogP contribution in [-0.4, -0.2) is 48.9 Å². The molecule has 0 saturated carbocycles. The van der Waals surface area contributed by atoms with Crippen LogP contribution in [0.3, 0.4) is 0 Å². The van der Waals surface area contributed by atoms with Crippen LogP contribution in [0, 0.1) is 0 Å². The number of hydrogen-bond acceptors (Lipinski definition) is 5. The highest BCUT2D eigenvalue weighted by Gasteiger charge is 2.08. The van der Waals surface area contributed by atoms with Gasteiger partial charge in [-0.25, -0.2) is 0 Å². The van der Waals surface area contributed by atoms with Crippen molar-refractivity contribution in [2.45, 2.75) is 19.4 Å². The van der Waals surface area contributed by atoms with E-state index in [4.69, 9.17) is 5.11 Å². The Morgan fingerprint density at radius 2 is 2.36 bits per heavy atom. The molecule has 0 radical (unpaired) electrons. The van der Waals surface area contributed by atoms with Crippen molar-refractivity contribution in [3.8, 4) is 0 Å². The second-order valence-corrected chi connectivity index (χ2v) is 3.89. The number of carbonyl (C=O) groups excluding carboxylic acids is 1. The van der Waals surface area contributed by atoms with E-state index < -0.39 is 0 Å². The molecule has 0 fully saturated rings. The number of thioether (sulfide) groups is 1. The fraction of sp³-hybridized carbons (Fsp3) is 0.889. The van der Waals surface area contributed by atoms with E-state index in [1.165, 1.54) is 18.9 Å². The third-order valence-electron chi connectivity index (χ3n) is 1.74. The Labute approximate surface area is 89.4 Å². The van der Waals surface area contributed by atoms with Gasteiger partial charge in [0.2, 0.25) is 0 Å². The van der Waals surface area contributed by atoms with Crippen molar-refractivity contribution in [1.29, 1.82) is 0 Å². The Balaban J connectivity index is 3.54. The van der Waals surface area contributed by atoms with E-state index in [1.807, 2.05) is 6.92 Å². The first kappa shape index (κ1) is 13.7. The maximum Gasteiger partial charge on any atom is 0.315 e. The number of ether oxygens (including phenoxy) is 1. The van der Waals surface area contributed by atoms with Crippen LogP contribution in [0.25, 0.3) is 0 Å². The normalized spacial score (nSPS) is 12.5. The van der Waals surface area contributed by atoms with Crippen LogP contribution < -0.4 is 5.32 Å². The quantitative estimate of drug-likeness (QED) is 0.576. The molecule has 0 aliphatic rings. The van der Waals surface area contributed by atoms with Crippen molar-refractivity contribution in [3.63, 3.8) is 0 Å². The maximum atomic E-state index is 10.8. The summed E-state index contributed by atoms with van der Waals surface area (Å²) >= 11 is 1.53. The van der Waals surface area contributed by atoms with Gasteiger partial charge < -0.3 is 15.2 Å². The lowest BCUT2D eigenvalue weighted by Crippen LogP contribution is -2.32. The zero-order valence-corrected chi connectivity index (χ0v) is 9.60. The number of nitrogens with one attached hydrogen (secondary N) is 1. The average Bonchev–Trinajstić information content (AvgIpc) is 2.18. The molecule has 0 amide bonds. The topological polar surface area (TPSA) is 58.6 Å². The molecule has 0 aromatic rings. The number of aliphatic hydroxyl groups is 1. The standard InChI is InChI=1S/C9H19NO3S/c1-3-10-8(4-5-11)6-14-7-9(12)13-2/h8,10-11H,3-7H2,1-2H3. The van der Waals surface area contributed by atoms with Gasteiger partial charge in [0.05, 0.1) is 12.9 Å². The number of esters is 1. The second-order valence-electron chi connectivity index (χ2n) is 2.86. The van der Waals surface area contributed by atoms with E-state index in [2.05, 4.69) is 10.1 Å². The maximum absolute atomic E-state index is 10.8. The summed E-state index contributed by atoms with van der Waals surface area (Å²) in [6.07, 6.45) is 0.724. The molecule has 0 heterocycles. The number of aliphatic hydroxyl groups excluding tert-OH is 1. The first-order chi connectivity index (χ1) is 6.74. The Morgan fingerprint density at radius 3 is 2.86 bits per heavy atom. The molecule has 0 spiro atoms. The van der Waals surface area contributed by atoms with Gasteiger partial charge in [0.15, 0.2) is 0 Å². The number of methoxy groups -OCH3 is 1. The van der Waals surface area contributed by atoms with Gasteiger partial charge in [-0.3, -0.25) is 4.79 Å². The highest BCUT2D eigenvalue weighted by Crippen LogP contribution is 2.05. The molecule has 84 valence electrons. The molecule has 0 aromatic carbocycles. The molecule has 2 N–H and O–H groups in total. The summed E-state index contributed by atoms with van der Waals surface area (Å²) in [5.74, 6) is 1.00. The Morgan fingerprint density at radius 1 is 1.64 bits per heavy atom. The van der Waals surface area contributed by atoms with Crippen LogP contribution in [0.4, 0.5) is 0 Å². The second kappa shape index (κ2) is 9.30. The van der Waals surface area contributed by atoms with Crippen molar-refractivity contribution in [2.75, 3.05) is 31.8 Å². The minimum atomic E-state index is -0.200. The minimum absolute atomic E-state index is 0.177. The third kappa shape index (κ3) is 7.17. The number of hydrogen-bond donors (Lipinski definition) is 2. The van der Waals surface area contributed by atoms with Crippen molar-refractivity contribution >= 4 is 17.7 Å². The highest BCUT2D eigenvalue weighted by atomic mass is 32.2. The molecular weight excluding hydrogens is 202 g/mol. The fourth-order valence-corrected chi connectivity index (χ4v) is 2.00. The summed E-state index contributed by atoms with van der Waals surface area (Å²) in [5, 5.41) is 12.0. The van der Waals surface area contributed by atoms with E-state index in [1.54, 1.807) is 0 Å². The molecule has 0 aliphatic heterocycles. The summed E-state index contributed by atoms with van der Waals surface area (Å²) in [6, 6.07) is 0.277. The number of carbonyl (C=O) groups is 1. The van der Waals surface area contributed by atoms with Gasteiger partial charge >= 0.3 is 5.97 Å². The van der Waals surface area contributed by atoms with Crippen molar-refractivity contribution in [3.05, 3.63) is 0 Å². The predicted octanol–water partition coefficient (Wildman–Crippen LogP) is 0.253. The first-order valence-corrected chi connectivity index (χ1v) is 5.88. The largest absolute Gasteiger partial charge is 0.468 e. The summed E-state index contributed by atoms with van der Waals surface area (Å²) in [5.41, 5.74) is 0. The Bertz CT molecular complexity index is 149. The molecule has 14 heavy (non-hydrogen) atoms. The van der Waals surface area contributed by atoms with Crippen LogP contribution in [0.2, 0.25) is 0 Å². The molecule has 1 atom stereocenters. The lowest BCUT2D eigenvalue weighted by atomic mass is 10.2. The van der Waals surface area contributed by atoms with E-state index in [0.717, 1.165) is 18.7 Å². The SMILES string of the molecule is CCNC(CCO)CSCC(=O)OC. The van der Waals surface area contributed by atoms with E-state index in [9.17, 15) is 4.79 Å². The smallest absolute Gasteiger partial charge is 0.315 e. The van der Waals surface area contributed by atoms with Gasteiger partial charge in [-0.15, -0.1) is 11.8 Å². The molecule has 0 aromatic heterocycles. The van der Waals surface area contributed by atoms with E-state index in [0.29, 0.717) is 5.75 Å². The van der Waals surface area contributed by atoms with Crippen LogP contribution in [-0.2, 0) is 9.53 Å². The summed E-state index contributed by atoms with van der Waals surface area (Å²) in [6.45, 7) is 3.08. The lowest BCUT2D eigenvalue weighted by Gasteiger charge is -2.15. The molecule has 1 unspecified atom stereocenters. The van der Waals surface area contributed by atoms with E-state index >= 15 is 0 Å². The van der Waals surface area contributed by atoms with Gasteiger partial charge in [0, 0.05) is 18.4 Å². The van der Waals surface area contributed by atoms with Gasteiger partial charge in [0.25, 0.3) is 0 Å².